The second kappa shape index (κ2) is 8.58. The minimum atomic E-state index is 0.267. The van der Waals surface area contributed by atoms with Crippen molar-refractivity contribution in [2.75, 3.05) is 57.4 Å². The number of anilines is 1. The van der Waals surface area contributed by atoms with Crippen molar-refractivity contribution in [3.8, 4) is 0 Å². The lowest BCUT2D eigenvalue weighted by Crippen LogP contribution is -2.55. The molecule has 0 amide bonds. The number of nitrogens with zero attached hydrogens (tertiary/aromatic N) is 4. The molecule has 136 valence electrons. The van der Waals surface area contributed by atoms with Crippen molar-refractivity contribution in [3.63, 3.8) is 0 Å². The Kier molecular flexibility index (Phi) is 6.46. The molecule has 3 rings (SSSR count). The van der Waals surface area contributed by atoms with Gasteiger partial charge in [-0.1, -0.05) is 0 Å². The third kappa shape index (κ3) is 4.46. The largest absolute Gasteiger partial charge is 0.396 e. The second-order valence-electron chi connectivity index (χ2n) is 6.94. The molecule has 2 fully saturated rings. The van der Waals surface area contributed by atoms with Crippen LogP contribution in [0.5, 0.6) is 0 Å². The first-order chi connectivity index (χ1) is 11.7. The molecule has 0 bridgehead atoms. The summed E-state index contributed by atoms with van der Waals surface area (Å²) in [4.78, 5) is 13.3. The molecule has 1 N–H and O–H groups in total. The Hall–Kier alpha value is -0.730. The van der Waals surface area contributed by atoms with E-state index in [9.17, 15) is 5.11 Å². The first kappa shape index (κ1) is 18.1. The Morgan fingerprint density at radius 3 is 2.79 bits per heavy atom. The molecular weight excluding hydrogens is 324 g/mol. The van der Waals surface area contributed by atoms with E-state index in [-0.39, 0.29) is 6.61 Å². The molecule has 0 saturated carbocycles. The van der Waals surface area contributed by atoms with Crippen molar-refractivity contribution >= 4 is 16.5 Å². The number of piperazine rings is 1. The molecule has 0 spiro atoms. The van der Waals surface area contributed by atoms with Crippen LogP contribution < -0.4 is 4.90 Å². The Morgan fingerprint density at radius 1 is 1.29 bits per heavy atom. The van der Waals surface area contributed by atoms with Gasteiger partial charge in [-0.2, -0.15) is 0 Å². The first-order valence-corrected chi connectivity index (χ1v) is 9.85. The van der Waals surface area contributed by atoms with Gasteiger partial charge in [0.15, 0.2) is 5.13 Å². The molecule has 3 heterocycles. The number of hydrogen-bond donors (Lipinski definition) is 1. The highest BCUT2D eigenvalue weighted by atomic mass is 32.1. The maximum atomic E-state index is 9.37. The van der Waals surface area contributed by atoms with Gasteiger partial charge in [0.25, 0.3) is 0 Å². The summed E-state index contributed by atoms with van der Waals surface area (Å²) >= 11 is 1.81. The number of rotatable bonds is 6. The van der Waals surface area contributed by atoms with Crippen molar-refractivity contribution < 1.29 is 9.84 Å². The van der Waals surface area contributed by atoms with Crippen molar-refractivity contribution in [2.45, 2.75) is 38.9 Å². The highest BCUT2D eigenvalue weighted by Gasteiger charge is 2.28. The predicted molar refractivity (Wildman–Crippen MR) is 97.8 cm³/mol. The zero-order chi connectivity index (χ0) is 16.9. The van der Waals surface area contributed by atoms with Crippen LogP contribution >= 0.6 is 11.3 Å². The molecule has 2 aliphatic heterocycles. The zero-order valence-corrected chi connectivity index (χ0v) is 15.7. The van der Waals surface area contributed by atoms with Gasteiger partial charge in [0.2, 0.25) is 0 Å². The number of aliphatic hydroxyl groups excluding tert-OH is 1. The molecule has 2 aliphatic rings. The van der Waals surface area contributed by atoms with Crippen LogP contribution in [0.3, 0.4) is 0 Å². The molecule has 1 atom stereocenters. The summed E-state index contributed by atoms with van der Waals surface area (Å²) in [6.07, 6.45) is 2.89. The molecule has 0 aliphatic carbocycles. The number of thiazole rings is 1. The van der Waals surface area contributed by atoms with Crippen LogP contribution in [0.15, 0.2) is 6.20 Å². The average Bonchev–Trinajstić information content (AvgIpc) is 3.04. The zero-order valence-electron chi connectivity index (χ0n) is 14.9. The van der Waals surface area contributed by atoms with Crippen LogP contribution in [0.1, 0.15) is 25.1 Å². The quantitative estimate of drug-likeness (QED) is 0.830. The topological polar surface area (TPSA) is 52.1 Å². The van der Waals surface area contributed by atoms with Gasteiger partial charge < -0.3 is 14.7 Å². The van der Waals surface area contributed by atoms with Gasteiger partial charge in [-0.25, -0.2) is 4.98 Å². The number of ether oxygens (including phenoxy) is 1. The van der Waals surface area contributed by atoms with Gasteiger partial charge >= 0.3 is 0 Å². The fourth-order valence-corrected chi connectivity index (χ4v) is 4.66. The van der Waals surface area contributed by atoms with E-state index in [1.54, 1.807) is 0 Å². The Labute approximate surface area is 149 Å². The maximum Gasteiger partial charge on any atom is 0.185 e. The fraction of sp³-hybridized carbons (Fsp3) is 0.824. The number of hydrogen-bond acceptors (Lipinski definition) is 7. The average molecular weight is 355 g/mol. The lowest BCUT2D eigenvalue weighted by molar-refractivity contribution is 0.0353. The van der Waals surface area contributed by atoms with Gasteiger partial charge in [0.1, 0.15) is 0 Å². The summed E-state index contributed by atoms with van der Waals surface area (Å²) in [6.45, 7) is 12.4. The van der Waals surface area contributed by atoms with Crippen LogP contribution in [0.25, 0.3) is 0 Å². The SMILES string of the molecule is CC(C)N1CCN(Cc2cnc(N3CCOCC3)s2)C[C@H]1CCO. The Balaban J connectivity index is 1.57. The monoisotopic (exact) mass is 354 g/mol. The molecule has 0 unspecified atom stereocenters. The highest BCUT2D eigenvalue weighted by Crippen LogP contribution is 2.25. The van der Waals surface area contributed by atoms with Crippen LogP contribution in [-0.2, 0) is 11.3 Å². The molecule has 2 saturated heterocycles. The van der Waals surface area contributed by atoms with Gasteiger partial charge in [0, 0.05) is 69.0 Å². The summed E-state index contributed by atoms with van der Waals surface area (Å²) in [7, 11) is 0. The molecule has 0 aromatic carbocycles. The van der Waals surface area contributed by atoms with Crippen LogP contribution in [0.4, 0.5) is 5.13 Å². The third-order valence-corrected chi connectivity index (χ3v) is 5.98. The number of aromatic nitrogens is 1. The first-order valence-electron chi connectivity index (χ1n) is 9.03. The van der Waals surface area contributed by atoms with E-state index in [1.165, 1.54) is 4.88 Å². The molecular formula is C17H30N4O2S. The smallest absolute Gasteiger partial charge is 0.185 e. The van der Waals surface area contributed by atoms with Crippen LogP contribution in [0.2, 0.25) is 0 Å². The molecule has 7 heteroatoms. The van der Waals surface area contributed by atoms with E-state index in [1.807, 2.05) is 17.5 Å². The molecule has 1 aromatic heterocycles. The lowest BCUT2D eigenvalue weighted by atomic mass is 10.1. The minimum absolute atomic E-state index is 0.267. The van der Waals surface area contributed by atoms with E-state index < -0.39 is 0 Å². The minimum Gasteiger partial charge on any atom is -0.396 e. The van der Waals surface area contributed by atoms with Crippen molar-refractivity contribution in [3.05, 3.63) is 11.1 Å². The van der Waals surface area contributed by atoms with Gasteiger partial charge in [-0.15, -0.1) is 11.3 Å². The van der Waals surface area contributed by atoms with Crippen LogP contribution in [-0.4, -0.2) is 84.5 Å². The van der Waals surface area contributed by atoms with Crippen molar-refractivity contribution in [2.24, 2.45) is 0 Å². The van der Waals surface area contributed by atoms with E-state index in [0.29, 0.717) is 12.1 Å². The summed E-state index contributed by atoms with van der Waals surface area (Å²) in [5.74, 6) is 0. The highest BCUT2D eigenvalue weighted by molar-refractivity contribution is 7.15. The summed E-state index contributed by atoms with van der Waals surface area (Å²) < 4.78 is 5.42. The molecule has 24 heavy (non-hydrogen) atoms. The van der Waals surface area contributed by atoms with Gasteiger partial charge in [0.05, 0.1) is 13.2 Å². The predicted octanol–water partition coefficient (Wildman–Crippen LogP) is 1.26. The van der Waals surface area contributed by atoms with E-state index >= 15 is 0 Å². The van der Waals surface area contributed by atoms with Gasteiger partial charge in [-0.3, -0.25) is 9.80 Å². The third-order valence-electron chi connectivity index (χ3n) is 4.94. The van der Waals surface area contributed by atoms with Crippen molar-refractivity contribution in [1.82, 2.24) is 14.8 Å². The van der Waals surface area contributed by atoms with Crippen molar-refractivity contribution in [1.29, 1.82) is 0 Å². The summed E-state index contributed by atoms with van der Waals surface area (Å²) in [5.41, 5.74) is 0. The van der Waals surface area contributed by atoms with E-state index in [4.69, 9.17) is 4.74 Å². The Morgan fingerprint density at radius 2 is 2.08 bits per heavy atom. The summed E-state index contributed by atoms with van der Waals surface area (Å²) in [6, 6.07) is 0.996. The van der Waals surface area contributed by atoms with E-state index in [0.717, 1.165) is 64.0 Å². The molecule has 6 nitrogen and oxygen atoms in total. The van der Waals surface area contributed by atoms with Crippen LogP contribution in [0, 0.1) is 0 Å². The fourth-order valence-electron chi connectivity index (χ4n) is 3.65. The number of morpholine rings is 1. The lowest BCUT2D eigenvalue weighted by Gasteiger charge is -2.43. The second-order valence-corrected chi connectivity index (χ2v) is 8.04. The van der Waals surface area contributed by atoms with Gasteiger partial charge in [-0.05, 0) is 20.3 Å². The Bertz CT molecular complexity index is 505. The van der Waals surface area contributed by atoms with E-state index in [2.05, 4.69) is 33.5 Å². The molecule has 1 aromatic rings. The maximum absolute atomic E-state index is 9.37. The molecule has 0 radical (unpaired) electrons. The standard InChI is InChI=1S/C17H30N4O2S/c1-14(2)21-5-4-19(12-15(21)3-8-22)13-16-11-18-17(24-16)20-6-9-23-10-7-20/h11,14-15,22H,3-10,12-13H2,1-2H3/t15-/m1/s1. The number of aliphatic hydroxyl groups is 1. The normalized spacial score (nSPS) is 24.0. The summed E-state index contributed by atoms with van der Waals surface area (Å²) in [5, 5.41) is 10.5.